The monoisotopic (exact) mass is 205 g/mol. The summed E-state index contributed by atoms with van der Waals surface area (Å²) in [7, 11) is 0. The second-order valence-corrected chi connectivity index (χ2v) is 4.39. The molecule has 1 aromatic carbocycles. The Labute approximate surface area is 93.9 Å². The normalized spacial score (nSPS) is 11.0. The molecule has 0 atom stereocenters. The van der Waals surface area contributed by atoms with E-state index in [1.807, 2.05) is 0 Å². The van der Waals surface area contributed by atoms with Gasteiger partial charge in [-0.05, 0) is 32.3 Å². The van der Waals surface area contributed by atoms with Crippen molar-refractivity contribution in [2.75, 3.05) is 0 Å². The number of hydrogen-bond donors (Lipinski definition) is 1. The summed E-state index contributed by atoms with van der Waals surface area (Å²) in [4.78, 5) is 0. The van der Waals surface area contributed by atoms with Gasteiger partial charge < -0.3 is 5.32 Å². The Morgan fingerprint density at radius 2 is 1.53 bits per heavy atom. The molecule has 0 fully saturated rings. The fourth-order valence-corrected chi connectivity index (χ4v) is 2.01. The number of hydrogen-bond acceptors (Lipinski definition) is 1. The van der Waals surface area contributed by atoms with Gasteiger partial charge in [0.2, 0.25) is 0 Å². The first-order valence-electron chi connectivity index (χ1n) is 5.96. The Hall–Kier alpha value is -0.820. The van der Waals surface area contributed by atoms with Crippen molar-refractivity contribution in [3.8, 4) is 0 Å². The van der Waals surface area contributed by atoms with Crippen LogP contribution in [0.4, 0.5) is 0 Å². The zero-order chi connectivity index (χ0) is 11.3. The maximum Gasteiger partial charge on any atom is 0.0208 e. The van der Waals surface area contributed by atoms with Gasteiger partial charge >= 0.3 is 0 Å². The molecule has 1 N–H and O–H groups in total. The first kappa shape index (κ1) is 12.3. The molecule has 0 aliphatic heterocycles. The first-order chi connectivity index (χ1) is 7.15. The molecule has 1 rings (SSSR count). The lowest BCUT2D eigenvalue weighted by molar-refractivity contribution is 0.484. The predicted molar refractivity (Wildman–Crippen MR) is 67.1 cm³/mol. The summed E-state index contributed by atoms with van der Waals surface area (Å²) >= 11 is 0. The SMILES string of the molecule is CCC(CC)NCc1cc(C)cc(C)c1. The van der Waals surface area contributed by atoms with Gasteiger partial charge in [-0.25, -0.2) is 0 Å². The molecule has 0 radical (unpaired) electrons. The van der Waals surface area contributed by atoms with Crippen LogP contribution in [0.15, 0.2) is 18.2 Å². The molecule has 0 amide bonds. The molecule has 0 aromatic heterocycles. The molecule has 1 heteroatoms. The number of benzene rings is 1. The Bertz CT molecular complexity index is 280. The van der Waals surface area contributed by atoms with Gasteiger partial charge in [-0.3, -0.25) is 0 Å². The second-order valence-electron chi connectivity index (χ2n) is 4.39. The molecule has 0 unspecified atom stereocenters. The second kappa shape index (κ2) is 5.92. The van der Waals surface area contributed by atoms with Crippen LogP contribution in [0.5, 0.6) is 0 Å². The van der Waals surface area contributed by atoms with Crippen molar-refractivity contribution in [1.82, 2.24) is 5.32 Å². The maximum absolute atomic E-state index is 3.59. The fourth-order valence-electron chi connectivity index (χ4n) is 2.01. The fraction of sp³-hybridized carbons (Fsp3) is 0.571. The lowest BCUT2D eigenvalue weighted by Gasteiger charge is -2.15. The summed E-state index contributed by atoms with van der Waals surface area (Å²) in [6, 6.07) is 7.41. The predicted octanol–water partition coefficient (Wildman–Crippen LogP) is 3.58. The maximum atomic E-state index is 3.59. The average molecular weight is 205 g/mol. The van der Waals surface area contributed by atoms with Crippen LogP contribution in [0.1, 0.15) is 43.4 Å². The number of rotatable bonds is 5. The van der Waals surface area contributed by atoms with Gasteiger partial charge in [0.25, 0.3) is 0 Å². The number of aryl methyl sites for hydroxylation is 2. The Morgan fingerprint density at radius 1 is 1.00 bits per heavy atom. The largest absolute Gasteiger partial charge is 0.310 e. The molecule has 0 saturated carbocycles. The van der Waals surface area contributed by atoms with Gasteiger partial charge in [0, 0.05) is 12.6 Å². The van der Waals surface area contributed by atoms with Crippen molar-refractivity contribution in [3.63, 3.8) is 0 Å². The van der Waals surface area contributed by atoms with Crippen molar-refractivity contribution in [1.29, 1.82) is 0 Å². The van der Waals surface area contributed by atoms with Crippen molar-refractivity contribution < 1.29 is 0 Å². The summed E-state index contributed by atoms with van der Waals surface area (Å²) in [5.41, 5.74) is 4.12. The van der Waals surface area contributed by atoms with Crippen molar-refractivity contribution in [3.05, 3.63) is 34.9 Å². The lowest BCUT2D eigenvalue weighted by atomic mass is 10.1. The molecule has 84 valence electrons. The molecule has 1 nitrogen and oxygen atoms in total. The molecule has 0 heterocycles. The highest BCUT2D eigenvalue weighted by molar-refractivity contribution is 5.28. The Kier molecular flexibility index (Phi) is 4.83. The Balaban J connectivity index is 2.57. The van der Waals surface area contributed by atoms with Crippen molar-refractivity contribution >= 4 is 0 Å². The van der Waals surface area contributed by atoms with Gasteiger partial charge in [0.05, 0.1) is 0 Å². The van der Waals surface area contributed by atoms with Gasteiger partial charge in [0.1, 0.15) is 0 Å². The quantitative estimate of drug-likeness (QED) is 0.774. The van der Waals surface area contributed by atoms with E-state index >= 15 is 0 Å². The minimum atomic E-state index is 0.658. The molecule has 0 saturated heterocycles. The topological polar surface area (TPSA) is 12.0 Å². The highest BCUT2D eigenvalue weighted by Gasteiger charge is 2.02. The molecule has 15 heavy (non-hydrogen) atoms. The van der Waals surface area contributed by atoms with Gasteiger partial charge in [-0.15, -0.1) is 0 Å². The van der Waals surface area contributed by atoms with Gasteiger partial charge in [0.15, 0.2) is 0 Å². The summed E-state index contributed by atoms with van der Waals surface area (Å²) in [5, 5.41) is 3.59. The molecule has 0 spiro atoms. The highest BCUT2D eigenvalue weighted by Crippen LogP contribution is 2.09. The van der Waals surface area contributed by atoms with E-state index in [9.17, 15) is 0 Å². The van der Waals surface area contributed by atoms with Crippen LogP contribution in [-0.4, -0.2) is 6.04 Å². The third-order valence-corrected chi connectivity index (χ3v) is 2.86. The van der Waals surface area contributed by atoms with E-state index in [-0.39, 0.29) is 0 Å². The highest BCUT2D eigenvalue weighted by atomic mass is 14.9. The average Bonchev–Trinajstić information content (AvgIpc) is 2.18. The summed E-state index contributed by atoms with van der Waals surface area (Å²) in [6.07, 6.45) is 2.42. The summed E-state index contributed by atoms with van der Waals surface area (Å²) in [5.74, 6) is 0. The van der Waals surface area contributed by atoms with Gasteiger partial charge in [-0.1, -0.05) is 43.2 Å². The third-order valence-electron chi connectivity index (χ3n) is 2.86. The van der Waals surface area contributed by atoms with Crippen LogP contribution >= 0.6 is 0 Å². The van der Waals surface area contributed by atoms with Crippen LogP contribution < -0.4 is 5.32 Å². The molecule has 0 aliphatic rings. The van der Waals surface area contributed by atoms with Crippen LogP contribution in [0.2, 0.25) is 0 Å². The minimum absolute atomic E-state index is 0.658. The molecule has 1 aromatic rings. The molecular formula is C14H23N. The van der Waals surface area contributed by atoms with E-state index < -0.39 is 0 Å². The zero-order valence-electron chi connectivity index (χ0n) is 10.4. The van der Waals surface area contributed by atoms with E-state index in [0.29, 0.717) is 6.04 Å². The molecule has 0 aliphatic carbocycles. The van der Waals surface area contributed by atoms with Crippen molar-refractivity contribution in [2.45, 2.75) is 53.1 Å². The smallest absolute Gasteiger partial charge is 0.0208 e. The zero-order valence-corrected chi connectivity index (χ0v) is 10.4. The van der Waals surface area contributed by atoms with Crippen LogP contribution in [0, 0.1) is 13.8 Å². The van der Waals surface area contributed by atoms with E-state index in [1.54, 1.807) is 0 Å². The summed E-state index contributed by atoms with van der Waals surface area (Å²) in [6.45, 7) is 9.79. The number of nitrogens with one attached hydrogen (secondary N) is 1. The van der Waals surface area contributed by atoms with Crippen molar-refractivity contribution in [2.24, 2.45) is 0 Å². The lowest BCUT2D eigenvalue weighted by Crippen LogP contribution is -2.27. The summed E-state index contributed by atoms with van der Waals surface area (Å²) < 4.78 is 0. The minimum Gasteiger partial charge on any atom is -0.310 e. The van der Waals surface area contributed by atoms with E-state index in [1.165, 1.54) is 29.5 Å². The van der Waals surface area contributed by atoms with Crippen LogP contribution in [-0.2, 0) is 6.54 Å². The first-order valence-corrected chi connectivity index (χ1v) is 5.96. The van der Waals surface area contributed by atoms with Gasteiger partial charge in [-0.2, -0.15) is 0 Å². The van der Waals surface area contributed by atoms with E-state index in [2.05, 4.69) is 51.2 Å². The van der Waals surface area contributed by atoms with Crippen LogP contribution in [0.3, 0.4) is 0 Å². The molecule has 0 bridgehead atoms. The van der Waals surface area contributed by atoms with Crippen LogP contribution in [0.25, 0.3) is 0 Å². The van der Waals surface area contributed by atoms with E-state index in [0.717, 1.165) is 6.54 Å². The third kappa shape index (κ3) is 4.05. The standard InChI is InChI=1S/C14H23N/c1-5-14(6-2)15-10-13-8-11(3)7-12(4)9-13/h7-9,14-15H,5-6,10H2,1-4H3. The molecular weight excluding hydrogens is 182 g/mol. The Morgan fingerprint density at radius 3 is 2.00 bits per heavy atom. The van der Waals surface area contributed by atoms with E-state index in [4.69, 9.17) is 0 Å².